The van der Waals surface area contributed by atoms with Crippen LogP contribution in [0.15, 0.2) is 34.1 Å². The molecule has 0 aromatic heterocycles. The molecule has 1 aliphatic rings. The zero-order valence-electron chi connectivity index (χ0n) is 13.5. The zero-order valence-corrected chi connectivity index (χ0v) is 15.1. The van der Waals surface area contributed by atoms with Gasteiger partial charge in [0.2, 0.25) is 20.0 Å². The highest BCUT2D eigenvalue weighted by Gasteiger charge is 2.55. The van der Waals surface area contributed by atoms with E-state index < -0.39 is 20.0 Å². The van der Waals surface area contributed by atoms with Crippen molar-refractivity contribution in [3.05, 3.63) is 24.3 Å². The largest absolute Gasteiger partial charge is 0.380 e. The molecule has 9 heteroatoms. The summed E-state index contributed by atoms with van der Waals surface area (Å²) in [4.78, 5) is -0.371. The predicted molar refractivity (Wildman–Crippen MR) is 85.7 cm³/mol. The molecule has 1 aromatic rings. The number of benzene rings is 1. The van der Waals surface area contributed by atoms with Gasteiger partial charge in [0.1, 0.15) is 0 Å². The lowest BCUT2D eigenvalue weighted by atomic mass is 9.58. The second-order valence-corrected chi connectivity index (χ2v) is 9.73. The number of hydrogen-bond donors (Lipinski definition) is 2. The molecule has 0 heterocycles. The molecule has 7 nitrogen and oxygen atoms in total. The standard InChI is InChI=1S/C14H22N2O5S2/c1-9-12(14(2,3)13(9)21-4)16-23(19,20)11-7-5-6-10(8-11)22(15,17)18/h5-9,12-13,16H,1-4H3,(H2,15,17,18)/t9-,12+,13+/m0/s1. The van der Waals surface area contributed by atoms with Crippen molar-refractivity contribution >= 4 is 20.0 Å². The fraction of sp³-hybridized carbons (Fsp3) is 0.571. The van der Waals surface area contributed by atoms with Gasteiger partial charge >= 0.3 is 0 Å². The maximum atomic E-state index is 12.6. The minimum Gasteiger partial charge on any atom is -0.380 e. The van der Waals surface area contributed by atoms with Gasteiger partial charge in [-0.3, -0.25) is 0 Å². The molecule has 0 aliphatic heterocycles. The first kappa shape index (κ1) is 18.3. The van der Waals surface area contributed by atoms with Crippen LogP contribution >= 0.6 is 0 Å². The van der Waals surface area contributed by atoms with E-state index in [0.717, 1.165) is 6.07 Å². The normalized spacial score (nSPS) is 27.4. The summed E-state index contributed by atoms with van der Waals surface area (Å²) in [7, 11) is -6.23. The van der Waals surface area contributed by atoms with E-state index in [1.807, 2.05) is 20.8 Å². The monoisotopic (exact) mass is 362 g/mol. The molecule has 3 atom stereocenters. The number of methoxy groups -OCH3 is 1. The van der Waals surface area contributed by atoms with Gasteiger partial charge in [-0.2, -0.15) is 0 Å². The van der Waals surface area contributed by atoms with Crippen molar-refractivity contribution in [1.82, 2.24) is 4.72 Å². The van der Waals surface area contributed by atoms with Gasteiger partial charge < -0.3 is 4.74 Å². The summed E-state index contributed by atoms with van der Waals surface area (Å²) in [5, 5.41) is 5.05. The Morgan fingerprint density at radius 1 is 1.17 bits per heavy atom. The van der Waals surface area contributed by atoms with Gasteiger partial charge in [0.05, 0.1) is 15.9 Å². The van der Waals surface area contributed by atoms with Gasteiger partial charge in [-0.1, -0.05) is 26.8 Å². The zero-order chi connectivity index (χ0) is 17.6. The van der Waals surface area contributed by atoms with Gasteiger partial charge in [-0.15, -0.1) is 0 Å². The van der Waals surface area contributed by atoms with E-state index in [1.54, 1.807) is 7.11 Å². The number of hydrogen-bond acceptors (Lipinski definition) is 5. The summed E-state index contributed by atoms with van der Waals surface area (Å²) < 4.78 is 55.9. The van der Waals surface area contributed by atoms with Crippen molar-refractivity contribution in [3.63, 3.8) is 0 Å². The summed E-state index contributed by atoms with van der Waals surface area (Å²) in [5.74, 6) is 0.00574. The van der Waals surface area contributed by atoms with Gasteiger partial charge in [-0.05, 0) is 24.1 Å². The Balaban J connectivity index is 2.31. The quantitative estimate of drug-likeness (QED) is 0.799. The molecule has 3 N–H and O–H groups in total. The molecule has 0 amide bonds. The van der Waals surface area contributed by atoms with Crippen molar-refractivity contribution in [2.24, 2.45) is 16.5 Å². The molecule has 1 aromatic carbocycles. The third-order valence-electron chi connectivity index (χ3n) is 4.52. The van der Waals surface area contributed by atoms with E-state index in [4.69, 9.17) is 9.88 Å². The Labute approximate surface area is 137 Å². The molecule has 0 spiro atoms. The van der Waals surface area contributed by atoms with Gasteiger partial charge in [0, 0.05) is 18.6 Å². The van der Waals surface area contributed by atoms with Crippen LogP contribution in [-0.2, 0) is 24.8 Å². The maximum Gasteiger partial charge on any atom is 0.240 e. The molecule has 0 bridgehead atoms. The lowest BCUT2D eigenvalue weighted by molar-refractivity contribution is -0.138. The van der Waals surface area contributed by atoms with Crippen molar-refractivity contribution < 1.29 is 21.6 Å². The van der Waals surface area contributed by atoms with E-state index in [9.17, 15) is 16.8 Å². The van der Waals surface area contributed by atoms with Gasteiger partial charge in [-0.25, -0.2) is 26.7 Å². The Morgan fingerprint density at radius 3 is 2.22 bits per heavy atom. The van der Waals surface area contributed by atoms with Crippen LogP contribution in [0.3, 0.4) is 0 Å². The summed E-state index contributed by atoms with van der Waals surface area (Å²) >= 11 is 0. The SMILES string of the molecule is CO[C@@H]1[C@@H](C)[C@@H](NS(=O)(=O)c2cccc(S(N)(=O)=O)c2)C1(C)C. The molecule has 23 heavy (non-hydrogen) atoms. The fourth-order valence-electron chi connectivity index (χ4n) is 3.42. The first-order valence-corrected chi connectivity index (χ1v) is 10.1. The minimum absolute atomic E-state index is 0.00574. The molecule has 2 rings (SSSR count). The third kappa shape index (κ3) is 3.29. The van der Waals surface area contributed by atoms with Crippen molar-refractivity contribution in [2.75, 3.05) is 7.11 Å². The molecule has 1 saturated carbocycles. The topological polar surface area (TPSA) is 116 Å². The van der Waals surface area contributed by atoms with E-state index in [1.165, 1.54) is 18.2 Å². The lowest BCUT2D eigenvalue weighted by Gasteiger charge is -2.56. The van der Waals surface area contributed by atoms with Crippen molar-refractivity contribution in [1.29, 1.82) is 0 Å². The second-order valence-electron chi connectivity index (χ2n) is 6.46. The molecule has 1 aliphatic carbocycles. The summed E-state index contributed by atoms with van der Waals surface area (Å²) in [6, 6.07) is 4.69. The smallest absolute Gasteiger partial charge is 0.240 e. The number of ether oxygens (including phenoxy) is 1. The summed E-state index contributed by atoms with van der Waals surface area (Å²) in [5.41, 5.74) is -0.362. The fourth-order valence-corrected chi connectivity index (χ4v) is 5.58. The number of sulfonamides is 2. The van der Waals surface area contributed by atoms with Crippen LogP contribution in [-0.4, -0.2) is 36.1 Å². The number of primary sulfonamides is 1. The van der Waals surface area contributed by atoms with Crippen LogP contribution in [0.25, 0.3) is 0 Å². The predicted octanol–water partition coefficient (Wildman–Crippen LogP) is 0.672. The first-order valence-electron chi connectivity index (χ1n) is 7.09. The highest BCUT2D eigenvalue weighted by molar-refractivity contribution is 7.90. The van der Waals surface area contributed by atoms with Crippen LogP contribution < -0.4 is 9.86 Å². The molecule has 0 radical (unpaired) electrons. The molecule has 0 unspecified atom stereocenters. The molecular weight excluding hydrogens is 340 g/mol. The molecular formula is C14H22N2O5S2. The van der Waals surface area contributed by atoms with Crippen LogP contribution in [0.1, 0.15) is 20.8 Å². The van der Waals surface area contributed by atoms with E-state index in [-0.39, 0.29) is 33.3 Å². The summed E-state index contributed by atoms with van der Waals surface area (Å²) in [6.07, 6.45) is -0.0500. The van der Waals surface area contributed by atoms with E-state index in [2.05, 4.69) is 4.72 Å². The van der Waals surface area contributed by atoms with Gasteiger partial charge in [0.15, 0.2) is 0 Å². The van der Waals surface area contributed by atoms with E-state index in [0.29, 0.717) is 0 Å². The van der Waals surface area contributed by atoms with Gasteiger partial charge in [0.25, 0.3) is 0 Å². The average molecular weight is 362 g/mol. The highest BCUT2D eigenvalue weighted by Crippen LogP contribution is 2.47. The minimum atomic E-state index is -3.96. The van der Waals surface area contributed by atoms with Crippen LogP contribution in [0.4, 0.5) is 0 Å². The van der Waals surface area contributed by atoms with Crippen molar-refractivity contribution in [3.8, 4) is 0 Å². The van der Waals surface area contributed by atoms with Crippen molar-refractivity contribution in [2.45, 2.75) is 42.7 Å². The first-order chi connectivity index (χ1) is 10.4. The number of nitrogens with two attached hydrogens (primary N) is 1. The summed E-state index contributed by atoms with van der Waals surface area (Å²) in [6.45, 7) is 5.76. The van der Waals surface area contributed by atoms with Crippen LogP contribution in [0, 0.1) is 11.3 Å². The molecule has 0 saturated heterocycles. The number of rotatable bonds is 5. The molecule has 130 valence electrons. The maximum absolute atomic E-state index is 12.6. The Kier molecular flexibility index (Phi) is 4.64. The Morgan fingerprint density at radius 2 is 1.74 bits per heavy atom. The Hall–Kier alpha value is -1.00. The van der Waals surface area contributed by atoms with Crippen LogP contribution in [0.2, 0.25) is 0 Å². The lowest BCUT2D eigenvalue weighted by Crippen LogP contribution is -2.67. The highest BCUT2D eigenvalue weighted by atomic mass is 32.2. The Bertz CT molecular complexity index is 802. The second kappa shape index (κ2) is 5.82. The third-order valence-corrected chi connectivity index (χ3v) is 6.87. The molecule has 1 fully saturated rings. The van der Waals surface area contributed by atoms with Crippen LogP contribution in [0.5, 0.6) is 0 Å². The number of nitrogens with one attached hydrogen (secondary N) is 1. The average Bonchev–Trinajstić information content (AvgIpc) is 2.44. The van der Waals surface area contributed by atoms with E-state index >= 15 is 0 Å².